The quantitative estimate of drug-likeness (QED) is 0.879. The minimum atomic E-state index is 0.518. The number of ether oxygens (including phenoxy) is 1. The topological polar surface area (TPSA) is 50.3 Å². The number of hydrogen-bond acceptors (Lipinski definition) is 5. The Kier molecular flexibility index (Phi) is 3.32. The lowest BCUT2D eigenvalue weighted by Crippen LogP contribution is -2.41. The molecule has 0 bridgehead atoms. The van der Waals surface area contributed by atoms with E-state index >= 15 is 0 Å². The second-order valence-corrected chi connectivity index (χ2v) is 5.08. The lowest BCUT2D eigenvalue weighted by molar-refractivity contribution is 0.192. The molecule has 1 N–H and O–H groups in total. The fraction of sp³-hybridized carbons (Fsp3) is 0.692. The lowest BCUT2D eigenvalue weighted by atomic mass is 9.99. The number of rotatable bonds is 3. The van der Waals surface area contributed by atoms with E-state index in [-0.39, 0.29) is 0 Å². The summed E-state index contributed by atoms with van der Waals surface area (Å²) < 4.78 is 5.12. The molecule has 0 aliphatic carbocycles. The molecule has 2 atom stereocenters. The highest BCUT2D eigenvalue weighted by atomic mass is 16.5. The Labute approximate surface area is 108 Å². The molecule has 5 heteroatoms. The van der Waals surface area contributed by atoms with Gasteiger partial charge in [0.25, 0.3) is 0 Å². The van der Waals surface area contributed by atoms with Crippen molar-refractivity contribution in [1.82, 2.24) is 14.9 Å². The zero-order valence-corrected chi connectivity index (χ0v) is 10.8. The second kappa shape index (κ2) is 5.10. The second-order valence-electron chi connectivity index (χ2n) is 5.08. The van der Waals surface area contributed by atoms with Gasteiger partial charge >= 0.3 is 0 Å². The molecule has 0 amide bonds. The molecule has 2 aliphatic heterocycles. The van der Waals surface area contributed by atoms with Crippen molar-refractivity contribution in [3.8, 4) is 5.88 Å². The van der Waals surface area contributed by atoms with Crippen molar-refractivity contribution in [2.24, 2.45) is 0 Å². The van der Waals surface area contributed by atoms with E-state index in [1.807, 2.05) is 6.07 Å². The van der Waals surface area contributed by atoms with Crippen molar-refractivity contribution in [1.29, 1.82) is 0 Å². The number of aromatic nitrogens is 2. The highest BCUT2D eigenvalue weighted by molar-refractivity contribution is 5.39. The third-order valence-corrected chi connectivity index (χ3v) is 4.04. The SMILES string of the molecule is COc1cc(NC2CCN3CCCCC23)ncn1. The van der Waals surface area contributed by atoms with E-state index in [1.54, 1.807) is 13.4 Å². The Hall–Kier alpha value is -1.36. The third kappa shape index (κ3) is 2.27. The fourth-order valence-electron chi connectivity index (χ4n) is 3.14. The molecule has 2 saturated heterocycles. The predicted molar refractivity (Wildman–Crippen MR) is 69.8 cm³/mol. The molecule has 3 rings (SSSR count). The van der Waals surface area contributed by atoms with E-state index in [0.717, 1.165) is 5.82 Å². The molecule has 0 radical (unpaired) electrons. The van der Waals surface area contributed by atoms with Gasteiger partial charge in [0.15, 0.2) is 0 Å². The number of methoxy groups -OCH3 is 1. The van der Waals surface area contributed by atoms with Crippen LogP contribution in [0.5, 0.6) is 5.88 Å². The maximum atomic E-state index is 5.12. The van der Waals surface area contributed by atoms with Crippen molar-refractivity contribution in [3.63, 3.8) is 0 Å². The van der Waals surface area contributed by atoms with Gasteiger partial charge in [0.1, 0.15) is 12.1 Å². The molecule has 2 aliphatic rings. The molecule has 0 aromatic carbocycles. The van der Waals surface area contributed by atoms with Crippen LogP contribution in [0.15, 0.2) is 12.4 Å². The van der Waals surface area contributed by atoms with Gasteiger partial charge in [-0.1, -0.05) is 6.42 Å². The highest BCUT2D eigenvalue weighted by Gasteiger charge is 2.35. The standard InChI is InChI=1S/C13H20N4O/c1-18-13-8-12(14-9-15-13)16-10-5-7-17-6-3-2-4-11(10)17/h8-11H,2-7H2,1H3,(H,14,15,16). The highest BCUT2D eigenvalue weighted by Crippen LogP contribution is 2.29. The molecule has 18 heavy (non-hydrogen) atoms. The largest absolute Gasteiger partial charge is 0.481 e. The first-order valence-electron chi connectivity index (χ1n) is 6.73. The van der Waals surface area contributed by atoms with Gasteiger partial charge in [0.05, 0.1) is 7.11 Å². The summed E-state index contributed by atoms with van der Waals surface area (Å²) in [4.78, 5) is 10.9. The zero-order chi connectivity index (χ0) is 12.4. The fourth-order valence-corrected chi connectivity index (χ4v) is 3.14. The third-order valence-electron chi connectivity index (χ3n) is 4.04. The van der Waals surface area contributed by atoms with Crippen LogP contribution in [0.4, 0.5) is 5.82 Å². The van der Waals surface area contributed by atoms with Crippen molar-refractivity contribution in [2.75, 3.05) is 25.5 Å². The van der Waals surface area contributed by atoms with E-state index in [0.29, 0.717) is 18.0 Å². The summed E-state index contributed by atoms with van der Waals surface area (Å²) in [5, 5.41) is 3.54. The number of fused-ring (bicyclic) bond motifs is 1. The first-order chi connectivity index (χ1) is 8.86. The summed E-state index contributed by atoms with van der Waals surface area (Å²) in [5.41, 5.74) is 0. The number of hydrogen-bond donors (Lipinski definition) is 1. The molecule has 5 nitrogen and oxygen atoms in total. The van der Waals surface area contributed by atoms with Gasteiger partial charge in [-0.2, -0.15) is 0 Å². The van der Waals surface area contributed by atoms with Gasteiger partial charge in [-0.25, -0.2) is 9.97 Å². The Balaban J connectivity index is 1.68. The van der Waals surface area contributed by atoms with Crippen LogP contribution in [0.2, 0.25) is 0 Å². The van der Waals surface area contributed by atoms with Crippen LogP contribution in [-0.2, 0) is 0 Å². The summed E-state index contributed by atoms with van der Waals surface area (Å²) >= 11 is 0. The molecule has 0 saturated carbocycles. The van der Waals surface area contributed by atoms with Crippen LogP contribution in [-0.4, -0.2) is 47.2 Å². The van der Waals surface area contributed by atoms with E-state index < -0.39 is 0 Å². The molecular formula is C13H20N4O. The van der Waals surface area contributed by atoms with Gasteiger partial charge in [-0.3, -0.25) is 4.90 Å². The molecule has 2 unspecified atom stereocenters. The van der Waals surface area contributed by atoms with Crippen LogP contribution in [0.1, 0.15) is 25.7 Å². The zero-order valence-electron chi connectivity index (χ0n) is 10.8. The Bertz CT molecular complexity index is 412. The lowest BCUT2D eigenvalue weighted by Gasteiger charge is -2.32. The van der Waals surface area contributed by atoms with Crippen LogP contribution in [0.3, 0.4) is 0 Å². The minimum absolute atomic E-state index is 0.518. The van der Waals surface area contributed by atoms with Crippen LogP contribution >= 0.6 is 0 Å². The van der Waals surface area contributed by atoms with Gasteiger partial charge in [-0.05, 0) is 25.8 Å². The molecule has 98 valence electrons. The molecule has 1 aromatic rings. The first-order valence-corrected chi connectivity index (χ1v) is 6.73. The van der Waals surface area contributed by atoms with Crippen molar-refractivity contribution < 1.29 is 4.74 Å². The van der Waals surface area contributed by atoms with Crippen molar-refractivity contribution in [3.05, 3.63) is 12.4 Å². The maximum absolute atomic E-state index is 5.12. The van der Waals surface area contributed by atoms with Crippen molar-refractivity contribution >= 4 is 5.82 Å². The summed E-state index contributed by atoms with van der Waals surface area (Å²) in [6.07, 6.45) is 6.77. The smallest absolute Gasteiger partial charge is 0.218 e. The summed E-state index contributed by atoms with van der Waals surface area (Å²) in [5.74, 6) is 1.49. The van der Waals surface area contributed by atoms with Gasteiger partial charge in [0.2, 0.25) is 5.88 Å². The van der Waals surface area contributed by atoms with E-state index in [9.17, 15) is 0 Å². The minimum Gasteiger partial charge on any atom is -0.481 e. The molecule has 3 heterocycles. The monoisotopic (exact) mass is 248 g/mol. The normalized spacial score (nSPS) is 27.8. The molecule has 0 spiro atoms. The van der Waals surface area contributed by atoms with E-state index in [1.165, 1.54) is 38.8 Å². The van der Waals surface area contributed by atoms with Crippen LogP contribution < -0.4 is 10.1 Å². The average Bonchev–Trinajstić information content (AvgIpc) is 2.83. The summed E-state index contributed by atoms with van der Waals surface area (Å²) in [6.45, 7) is 2.47. The van der Waals surface area contributed by atoms with Crippen molar-refractivity contribution in [2.45, 2.75) is 37.8 Å². The first kappa shape index (κ1) is 11.7. The molecule has 1 aromatic heterocycles. The predicted octanol–water partition coefficient (Wildman–Crippen LogP) is 1.52. The summed E-state index contributed by atoms with van der Waals surface area (Å²) in [6, 6.07) is 3.07. The Morgan fingerprint density at radius 3 is 3.11 bits per heavy atom. The van der Waals surface area contributed by atoms with Gasteiger partial charge < -0.3 is 10.1 Å². The summed E-state index contributed by atoms with van der Waals surface area (Å²) in [7, 11) is 1.63. The van der Waals surface area contributed by atoms with E-state index in [2.05, 4.69) is 20.2 Å². The van der Waals surface area contributed by atoms with Crippen LogP contribution in [0, 0.1) is 0 Å². The number of nitrogens with one attached hydrogen (secondary N) is 1. The average molecular weight is 248 g/mol. The molecule has 2 fully saturated rings. The maximum Gasteiger partial charge on any atom is 0.218 e. The van der Waals surface area contributed by atoms with Gasteiger partial charge in [-0.15, -0.1) is 0 Å². The Morgan fingerprint density at radius 1 is 1.28 bits per heavy atom. The van der Waals surface area contributed by atoms with Crippen LogP contribution in [0.25, 0.3) is 0 Å². The van der Waals surface area contributed by atoms with Gasteiger partial charge in [0, 0.05) is 24.7 Å². The number of piperidine rings is 1. The number of nitrogens with zero attached hydrogens (tertiary/aromatic N) is 3. The molecular weight excluding hydrogens is 228 g/mol. The van der Waals surface area contributed by atoms with E-state index in [4.69, 9.17) is 4.74 Å². The number of anilines is 1. The Morgan fingerprint density at radius 2 is 2.22 bits per heavy atom.